The molecule has 0 saturated heterocycles. The Balaban J connectivity index is 0.000000213. The van der Waals surface area contributed by atoms with Crippen LogP contribution >= 0.6 is 0 Å². The molecule has 0 bridgehead atoms. The summed E-state index contributed by atoms with van der Waals surface area (Å²) in [6, 6.07) is 22.3. The van der Waals surface area contributed by atoms with Gasteiger partial charge in [0.25, 0.3) is 0 Å². The van der Waals surface area contributed by atoms with Crippen LogP contribution in [0.1, 0.15) is 56.1 Å². The normalized spacial score (nSPS) is 12.0. The largest absolute Gasteiger partial charge is 0.490 e. The molecule has 0 saturated carbocycles. The molecule has 72 heavy (non-hydrogen) atoms. The second-order valence-corrected chi connectivity index (χ2v) is 15.6. The quantitative estimate of drug-likeness (QED) is 0.0592. The van der Waals surface area contributed by atoms with Crippen molar-refractivity contribution in [3.63, 3.8) is 0 Å². The van der Waals surface area contributed by atoms with Crippen LogP contribution in [-0.2, 0) is 4.74 Å². The molecule has 0 radical (unpaired) electrons. The van der Waals surface area contributed by atoms with Crippen molar-refractivity contribution in [3.8, 4) is 23.0 Å². The number of carbonyl (C=O) groups excluding carboxylic acids is 3. The Hall–Kier alpha value is -8.76. The van der Waals surface area contributed by atoms with E-state index in [1.807, 2.05) is 0 Å². The molecule has 21 nitrogen and oxygen atoms in total. The van der Waals surface area contributed by atoms with Gasteiger partial charge < -0.3 is 61.8 Å². The molecule has 372 valence electrons. The summed E-state index contributed by atoms with van der Waals surface area (Å²) < 4.78 is 49.0. The molecular weight excluding hydrogens is 949 g/mol. The molecule has 0 spiro atoms. The van der Waals surface area contributed by atoms with E-state index >= 15 is 0 Å². The topological polar surface area (TPSA) is 316 Å². The first-order chi connectivity index (χ1) is 34.5. The summed E-state index contributed by atoms with van der Waals surface area (Å²) >= 11 is 0. The molecule has 4 N–H and O–H groups in total. The van der Waals surface area contributed by atoms with Crippen LogP contribution < -0.4 is 40.7 Å². The number of rotatable bonds is 20. The third kappa shape index (κ3) is 12.0. The first kappa shape index (κ1) is 51.1. The van der Waals surface area contributed by atoms with Gasteiger partial charge in [0.2, 0.25) is 11.5 Å². The van der Waals surface area contributed by atoms with E-state index in [0.29, 0.717) is 0 Å². The van der Waals surface area contributed by atoms with Crippen molar-refractivity contribution in [2.45, 2.75) is 26.1 Å². The maximum atomic E-state index is 12.7. The fraction of sp³-hybridized carbons (Fsp3) is 0.216. The van der Waals surface area contributed by atoms with Crippen molar-refractivity contribution in [3.05, 3.63) is 161 Å². The number of aromatic carboxylic acids is 1. The number of ketones is 3. The summed E-state index contributed by atoms with van der Waals surface area (Å²) in [6.45, 7) is 0.909. The minimum Gasteiger partial charge on any atom is -0.490 e. The maximum absolute atomic E-state index is 12.7. The first-order valence-electron chi connectivity index (χ1n) is 21.6. The second-order valence-electron chi connectivity index (χ2n) is 15.6. The summed E-state index contributed by atoms with van der Waals surface area (Å²) in [5, 5.41) is 38.9. The van der Waals surface area contributed by atoms with Crippen molar-refractivity contribution < 1.29 is 81.0 Å². The highest BCUT2D eigenvalue weighted by Crippen LogP contribution is 2.28. The summed E-state index contributed by atoms with van der Waals surface area (Å²) in [5.41, 5.74) is -1.57. The Morgan fingerprint density at radius 1 is 0.486 bits per heavy atom. The third-order valence-electron chi connectivity index (χ3n) is 10.2. The van der Waals surface area contributed by atoms with Gasteiger partial charge in [0.05, 0.1) is 13.2 Å². The van der Waals surface area contributed by atoms with Gasteiger partial charge in [-0.05, 0) is 48.5 Å². The first-order valence-corrected chi connectivity index (χ1v) is 21.6. The zero-order valence-corrected chi connectivity index (χ0v) is 38.1. The van der Waals surface area contributed by atoms with Gasteiger partial charge in [-0.3, -0.25) is 33.6 Å². The van der Waals surface area contributed by atoms with Gasteiger partial charge in [-0.25, -0.2) is 4.79 Å². The van der Waals surface area contributed by atoms with Gasteiger partial charge >= 0.3 is 5.97 Å². The predicted octanol–water partition coefficient (Wildman–Crippen LogP) is 4.73. The SMILES string of the molecule is CC(=O)c1cc(=O)c2c(OCC(O)COc3cccc4oc(C(=O)COCCO)cc(=O)c34)cccc2o1.CC(=O)c1cc(=O)c2c(OCC(O)COc3cccc4oc(C(=O)O)cc(=O)c34)cccc2o1. The van der Waals surface area contributed by atoms with Crippen LogP contribution in [0.3, 0.4) is 0 Å². The number of ether oxygens (including phenoxy) is 5. The number of benzene rings is 4. The zero-order chi connectivity index (χ0) is 51.6. The Kier molecular flexibility index (Phi) is 16.2. The maximum Gasteiger partial charge on any atom is 0.371 e. The van der Waals surface area contributed by atoms with Crippen LogP contribution in [0.25, 0.3) is 43.9 Å². The monoisotopic (exact) mass is 990 g/mol. The lowest BCUT2D eigenvalue weighted by molar-refractivity contribution is 0.0634. The highest BCUT2D eigenvalue weighted by atomic mass is 16.5. The Labute approximate surface area is 403 Å². The highest BCUT2D eigenvalue weighted by molar-refractivity contribution is 5.97. The Bertz CT molecular complexity index is 3490. The van der Waals surface area contributed by atoms with Crippen molar-refractivity contribution >= 4 is 67.2 Å². The smallest absolute Gasteiger partial charge is 0.371 e. The van der Waals surface area contributed by atoms with E-state index in [1.54, 1.807) is 18.2 Å². The molecular formula is C51H42O21. The van der Waals surface area contributed by atoms with Gasteiger partial charge in [0, 0.05) is 38.1 Å². The average molecular weight is 991 g/mol. The molecule has 4 aromatic carbocycles. The summed E-state index contributed by atoms with van der Waals surface area (Å²) in [7, 11) is 0. The fourth-order valence-corrected chi connectivity index (χ4v) is 6.92. The van der Waals surface area contributed by atoms with Gasteiger partial charge in [-0.1, -0.05) is 24.3 Å². The van der Waals surface area contributed by atoms with Gasteiger partial charge in [0.1, 0.15) is 112 Å². The van der Waals surface area contributed by atoms with Gasteiger partial charge in [-0.15, -0.1) is 0 Å². The number of Topliss-reactive ketones (excluding diaryl/α,β-unsaturated/α-hetero) is 3. The standard InChI is InChI=1S/C27H24O11.C24H18O10/c1-15(29)24-10-17(31)26-20(4-2-6-22(26)37-24)35-12-16(30)13-36-21-5-3-7-23-27(21)18(32)11-25(38-23)19(33)14-34-9-8-28;1-12(25)20-8-14(27)22-16(4-2-6-18(22)33-20)31-10-13(26)11-32-17-5-3-7-19-23(17)15(28)9-21(34-19)24(29)30/h2-7,10-11,16,28,30H,8-9,12-14H2,1H3;2-9,13,26H,10-11H2,1H3,(H,29,30). The molecule has 0 fully saturated rings. The van der Waals surface area contributed by atoms with Gasteiger partial charge in [0.15, 0.2) is 50.6 Å². The molecule has 4 heterocycles. The van der Waals surface area contributed by atoms with E-state index in [9.17, 15) is 48.6 Å². The number of carboxylic acids is 1. The van der Waals surface area contributed by atoms with Crippen LogP contribution in [0, 0.1) is 0 Å². The predicted molar refractivity (Wildman–Crippen MR) is 253 cm³/mol. The number of hydrogen-bond donors (Lipinski definition) is 4. The molecule has 0 aliphatic rings. The van der Waals surface area contributed by atoms with Crippen molar-refractivity contribution in [2.75, 3.05) is 46.2 Å². The number of fused-ring (bicyclic) bond motifs is 4. The molecule has 2 atom stereocenters. The third-order valence-corrected chi connectivity index (χ3v) is 10.2. The molecule has 0 aliphatic heterocycles. The van der Waals surface area contributed by atoms with E-state index in [1.165, 1.54) is 68.4 Å². The number of carboxylic acid groups (broad SMARTS) is 1. The summed E-state index contributed by atoms with van der Waals surface area (Å²) in [4.78, 5) is 96.4. The zero-order valence-electron chi connectivity index (χ0n) is 38.1. The average Bonchev–Trinajstić information content (AvgIpc) is 3.35. The molecule has 0 amide bonds. The van der Waals surface area contributed by atoms with Crippen molar-refractivity contribution in [2.24, 2.45) is 0 Å². The number of carbonyl (C=O) groups is 4. The molecule has 8 rings (SSSR count). The Morgan fingerprint density at radius 2 is 0.792 bits per heavy atom. The number of hydrogen-bond acceptors (Lipinski definition) is 20. The second kappa shape index (κ2) is 22.8. The van der Waals surface area contributed by atoms with Gasteiger partial charge in [-0.2, -0.15) is 0 Å². The lowest BCUT2D eigenvalue weighted by atomic mass is 10.2. The van der Waals surface area contributed by atoms with Crippen LogP contribution in [0.2, 0.25) is 0 Å². The van der Waals surface area contributed by atoms with Crippen molar-refractivity contribution in [1.29, 1.82) is 0 Å². The van der Waals surface area contributed by atoms with Crippen LogP contribution in [-0.4, -0.2) is 102 Å². The van der Waals surface area contributed by atoms with Crippen LogP contribution in [0.5, 0.6) is 23.0 Å². The fourth-order valence-electron chi connectivity index (χ4n) is 6.92. The molecule has 21 heteroatoms. The lowest BCUT2D eigenvalue weighted by Gasteiger charge is -2.15. The van der Waals surface area contributed by atoms with E-state index in [-0.39, 0.29) is 142 Å². The van der Waals surface area contributed by atoms with E-state index < -0.39 is 51.4 Å². The minimum atomic E-state index is -1.38. The summed E-state index contributed by atoms with van der Waals surface area (Å²) in [6.07, 6.45) is -2.31. The molecule has 2 unspecified atom stereocenters. The number of aliphatic hydroxyl groups excluding tert-OH is 3. The molecule has 0 aliphatic carbocycles. The highest BCUT2D eigenvalue weighted by Gasteiger charge is 2.20. The van der Waals surface area contributed by atoms with E-state index in [2.05, 4.69) is 0 Å². The molecule has 8 aromatic rings. The molecule has 4 aromatic heterocycles. The van der Waals surface area contributed by atoms with Crippen molar-refractivity contribution in [1.82, 2.24) is 0 Å². The lowest BCUT2D eigenvalue weighted by Crippen LogP contribution is -2.25. The van der Waals surface area contributed by atoms with E-state index in [0.717, 1.165) is 24.3 Å². The Morgan fingerprint density at radius 3 is 1.11 bits per heavy atom. The van der Waals surface area contributed by atoms with Crippen LogP contribution in [0.15, 0.2) is 134 Å². The summed E-state index contributed by atoms with van der Waals surface area (Å²) in [5.74, 6) is -2.99. The number of aliphatic hydroxyl groups is 3. The van der Waals surface area contributed by atoms with Crippen LogP contribution in [0.4, 0.5) is 0 Å². The minimum absolute atomic E-state index is 0.0255. The van der Waals surface area contributed by atoms with E-state index in [4.69, 9.17) is 51.6 Å².